The number of hydrogen-bond acceptors (Lipinski definition) is 2. The van der Waals surface area contributed by atoms with Gasteiger partial charge in [-0.2, -0.15) is 0 Å². The topological polar surface area (TPSA) is 46.3 Å². The predicted molar refractivity (Wildman–Crippen MR) is 48.0 cm³/mol. The summed E-state index contributed by atoms with van der Waals surface area (Å²) in [6.07, 6.45) is 0.483. The van der Waals surface area contributed by atoms with Crippen molar-refractivity contribution in [3.8, 4) is 0 Å². The van der Waals surface area contributed by atoms with Crippen LogP contribution >= 0.6 is 0 Å². The number of anilines is 2. The smallest absolute Gasteiger partial charge is 0.231 e. The van der Waals surface area contributed by atoms with Crippen molar-refractivity contribution in [2.75, 3.05) is 17.7 Å². The van der Waals surface area contributed by atoms with Crippen molar-refractivity contribution in [2.45, 2.75) is 6.42 Å². The molecule has 1 aromatic carbocycles. The summed E-state index contributed by atoms with van der Waals surface area (Å²) in [7, 11) is 1.78. The van der Waals surface area contributed by atoms with Crippen LogP contribution in [0.4, 0.5) is 11.4 Å². The summed E-state index contributed by atoms with van der Waals surface area (Å²) in [4.78, 5) is 12.9. The van der Waals surface area contributed by atoms with Gasteiger partial charge < -0.3 is 10.6 Å². The fourth-order valence-corrected chi connectivity index (χ4v) is 1.49. The second kappa shape index (κ2) is 3.40. The zero-order valence-electron chi connectivity index (χ0n) is 7.23. The average Bonchev–Trinajstić information content (AvgIpc) is 2.28. The molecule has 0 unspecified atom stereocenters. The van der Waals surface area contributed by atoms with E-state index in [-0.39, 0.29) is 23.0 Å². The monoisotopic (exact) mass is 218 g/mol. The number of nitrogens with zero attached hydrogens (tertiary/aromatic N) is 1. The molecule has 0 aliphatic carbocycles. The molecule has 4 heteroatoms. The van der Waals surface area contributed by atoms with Gasteiger partial charge in [0, 0.05) is 35.5 Å². The Hall–Kier alpha value is -0.991. The Morgan fingerprint density at radius 2 is 2.15 bits per heavy atom. The van der Waals surface area contributed by atoms with Crippen LogP contribution in [0.25, 0.3) is 0 Å². The zero-order valence-corrected chi connectivity index (χ0v) is 8.33. The molecule has 2 rings (SSSR count). The van der Waals surface area contributed by atoms with Gasteiger partial charge in [-0.25, -0.2) is 0 Å². The third-order valence-electron chi connectivity index (χ3n) is 2.18. The summed E-state index contributed by atoms with van der Waals surface area (Å²) in [5, 5.41) is 0. The molecular weight excluding hydrogens is 208 g/mol. The van der Waals surface area contributed by atoms with Gasteiger partial charge in [0.2, 0.25) is 5.91 Å². The van der Waals surface area contributed by atoms with Gasteiger partial charge in [-0.3, -0.25) is 4.79 Å². The van der Waals surface area contributed by atoms with E-state index in [9.17, 15) is 4.79 Å². The summed E-state index contributed by atoms with van der Waals surface area (Å²) in [6, 6.07) is 5.56. The van der Waals surface area contributed by atoms with Crippen LogP contribution in [0.2, 0.25) is 0 Å². The van der Waals surface area contributed by atoms with Crippen LogP contribution in [0.5, 0.6) is 0 Å². The Bertz CT molecular complexity index is 351. The van der Waals surface area contributed by atoms with E-state index in [0.717, 1.165) is 16.9 Å². The first-order valence-corrected chi connectivity index (χ1v) is 3.83. The van der Waals surface area contributed by atoms with Crippen molar-refractivity contribution in [1.82, 2.24) is 0 Å². The van der Waals surface area contributed by atoms with Crippen molar-refractivity contribution in [3.63, 3.8) is 0 Å². The molecule has 3 nitrogen and oxygen atoms in total. The van der Waals surface area contributed by atoms with Gasteiger partial charge in [-0.05, 0) is 23.8 Å². The summed E-state index contributed by atoms with van der Waals surface area (Å²) < 4.78 is 0. The van der Waals surface area contributed by atoms with E-state index in [1.807, 2.05) is 18.2 Å². The standard InChI is InChI=1S/C9H10N2O.Fe/c1-11-8-3-2-7(10)4-6(8)5-9(11)12;/h2-4H,5,10H2,1H3;. The molecule has 1 aromatic rings. The Labute approximate surface area is 87.4 Å². The molecule has 1 aliphatic rings. The number of likely N-dealkylation sites (N-methyl/N-ethyl adjacent to an activating group) is 1. The second-order valence-corrected chi connectivity index (χ2v) is 3.02. The van der Waals surface area contributed by atoms with Gasteiger partial charge in [-0.15, -0.1) is 0 Å². The largest absolute Gasteiger partial charge is 0.399 e. The molecular formula is C9H10FeN2O. The molecule has 0 bridgehead atoms. The number of nitrogens with two attached hydrogens (primary N) is 1. The van der Waals surface area contributed by atoms with Crippen LogP contribution in [-0.2, 0) is 28.3 Å². The minimum atomic E-state index is 0. The van der Waals surface area contributed by atoms with E-state index in [2.05, 4.69) is 0 Å². The molecule has 0 saturated heterocycles. The Balaban J connectivity index is 0.000000845. The minimum absolute atomic E-state index is 0. The van der Waals surface area contributed by atoms with Crippen molar-refractivity contribution in [2.24, 2.45) is 0 Å². The second-order valence-electron chi connectivity index (χ2n) is 3.02. The molecule has 0 aromatic heterocycles. The van der Waals surface area contributed by atoms with Gasteiger partial charge >= 0.3 is 0 Å². The number of rotatable bonds is 0. The van der Waals surface area contributed by atoms with Gasteiger partial charge in [0.15, 0.2) is 0 Å². The van der Waals surface area contributed by atoms with E-state index >= 15 is 0 Å². The van der Waals surface area contributed by atoms with E-state index in [1.165, 1.54) is 0 Å². The molecule has 13 heavy (non-hydrogen) atoms. The summed E-state index contributed by atoms with van der Waals surface area (Å²) in [5.41, 5.74) is 8.32. The van der Waals surface area contributed by atoms with Gasteiger partial charge in [0.1, 0.15) is 0 Å². The first-order chi connectivity index (χ1) is 5.68. The molecule has 0 radical (unpaired) electrons. The Morgan fingerprint density at radius 1 is 1.46 bits per heavy atom. The quantitative estimate of drug-likeness (QED) is 0.516. The van der Waals surface area contributed by atoms with E-state index < -0.39 is 0 Å². The van der Waals surface area contributed by atoms with Crippen molar-refractivity contribution in [3.05, 3.63) is 23.8 Å². The van der Waals surface area contributed by atoms with Crippen LogP contribution in [0.3, 0.4) is 0 Å². The molecule has 70 valence electrons. The third-order valence-corrected chi connectivity index (χ3v) is 2.18. The van der Waals surface area contributed by atoms with Crippen molar-refractivity contribution >= 4 is 17.3 Å². The maximum atomic E-state index is 11.2. The summed E-state index contributed by atoms with van der Waals surface area (Å²) >= 11 is 0. The number of benzene rings is 1. The first-order valence-electron chi connectivity index (χ1n) is 3.83. The van der Waals surface area contributed by atoms with E-state index in [4.69, 9.17) is 5.73 Å². The maximum absolute atomic E-state index is 11.2. The number of nitrogen functional groups attached to an aromatic ring is 1. The number of carbonyl (C=O) groups is 1. The van der Waals surface area contributed by atoms with Crippen molar-refractivity contribution in [1.29, 1.82) is 0 Å². The van der Waals surface area contributed by atoms with Crippen LogP contribution in [0, 0.1) is 0 Å². The normalized spacial score (nSPS) is 13.9. The molecule has 0 atom stereocenters. The molecule has 0 saturated carbocycles. The van der Waals surface area contributed by atoms with Crippen molar-refractivity contribution < 1.29 is 21.9 Å². The predicted octanol–water partition coefficient (Wildman–Crippen LogP) is 0.785. The van der Waals surface area contributed by atoms with Crippen LogP contribution in [0.1, 0.15) is 5.56 Å². The van der Waals surface area contributed by atoms with E-state index in [0.29, 0.717) is 6.42 Å². The van der Waals surface area contributed by atoms with Crippen LogP contribution in [0.15, 0.2) is 18.2 Å². The van der Waals surface area contributed by atoms with E-state index in [1.54, 1.807) is 11.9 Å². The Morgan fingerprint density at radius 3 is 2.85 bits per heavy atom. The third kappa shape index (κ3) is 1.55. The molecule has 1 heterocycles. The van der Waals surface area contributed by atoms with Crippen LogP contribution in [-0.4, -0.2) is 13.0 Å². The SMILES string of the molecule is CN1C(=O)Cc2cc(N)ccc21.[Fe]. The minimum Gasteiger partial charge on any atom is -0.399 e. The fourth-order valence-electron chi connectivity index (χ4n) is 1.49. The van der Waals surface area contributed by atoms with Crippen LogP contribution < -0.4 is 10.6 Å². The average molecular weight is 218 g/mol. The number of carbonyl (C=O) groups excluding carboxylic acids is 1. The van der Waals surface area contributed by atoms with Gasteiger partial charge in [-0.1, -0.05) is 0 Å². The molecule has 2 N–H and O–H groups in total. The first kappa shape index (κ1) is 10.1. The maximum Gasteiger partial charge on any atom is 0.231 e. The number of fused-ring (bicyclic) bond motifs is 1. The fraction of sp³-hybridized carbons (Fsp3) is 0.222. The number of amides is 1. The zero-order chi connectivity index (χ0) is 8.72. The number of hydrogen-bond donors (Lipinski definition) is 1. The van der Waals surface area contributed by atoms with Gasteiger partial charge in [0.05, 0.1) is 6.42 Å². The molecule has 1 amide bonds. The molecule has 1 aliphatic heterocycles. The summed E-state index contributed by atoms with van der Waals surface area (Å²) in [6.45, 7) is 0. The molecule has 0 spiro atoms. The molecule has 0 fully saturated rings. The summed E-state index contributed by atoms with van der Waals surface area (Å²) in [5.74, 6) is 0.135. The van der Waals surface area contributed by atoms with Gasteiger partial charge in [0.25, 0.3) is 0 Å². The Kier molecular flexibility index (Phi) is 2.64.